The first-order chi connectivity index (χ1) is 8.92. The van der Waals surface area contributed by atoms with Crippen LogP contribution in [0.4, 0.5) is 0 Å². The van der Waals surface area contributed by atoms with Gasteiger partial charge in [0.05, 0.1) is 10.5 Å². The molecule has 8 heteroatoms. The summed E-state index contributed by atoms with van der Waals surface area (Å²) in [4.78, 5) is 14.6. The molecule has 0 spiro atoms. The van der Waals surface area contributed by atoms with Gasteiger partial charge in [0.1, 0.15) is 5.75 Å². The van der Waals surface area contributed by atoms with Crippen LogP contribution >= 0.6 is 0 Å². The first-order valence-corrected chi connectivity index (χ1v) is 6.88. The molecule has 0 aliphatic rings. The van der Waals surface area contributed by atoms with Crippen LogP contribution in [0.5, 0.6) is 0 Å². The van der Waals surface area contributed by atoms with Crippen LogP contribution in [0.15, 0.2) is 34.0 Å². The number of rotatable bonds is 4. The molecule has 0 fully saturated rings. The van der Waals surface area contributed by atoms with Crippen molar-refractivity contribution in [2.75, 3.05) is 0 Å². The molecule has 0 saturated carbocycles. The maximum atomic E-state index is 12.2. The molecular formula is C11H10N2O5S. The van der Waals surface area contributed by atoms with Crippen molar-refractivity contribution in [2.24, 2.45) is 0 Å². The predicted octanol–water partition coefficient (Wildman–Crippen LogP) is 1.05. The van der Waals surface area contributed by atoms with E-state index >= 15 is 0 Å². The number of hydrogen-bond donors (Lipinski definition) is 1. The zero-order chi connectivity index (χ0) is 14.0. The number of hydrogen-bond acceptors (Lipinski definition) is 6. The highest BCUT2D eigenvalue weighted by Crippen LogP contribution is 2.22. The van der Waals surface area contributed by atoms with E-state index in [1.54, 1.807) is 0 Å². The zero-order valence-electron chi connectivity index (χ0n) is 9.90. The molecule has 0 radical (unpaired) electrons. The number of aromatic carboxylic acids is 1. The Morgan fingerprint density at radius 2 is 2.16 bits per heavy atom. The van der Waals surface area contributed by atoms with Gasteiger partial charge >= 0.3 is 5.97 Å². The van der Waals surface area contributed by atoms with Crippen LogP contribution in [0.3, 0.4) is 0 Å². The minimum atomic E-state index is -3.72. The quantitative estimate of drug-likeness (QED) is 0.892. The van der Waals surface area contributed by atoms with Crippen LogP contribution in [0, 0.1) is 6.92 Å². The van der Waals surface area contributed by atoms with E-state index in [2.05, 4.69) is 14.7 Å². The van der Waals surface area contributed by atoms with Crippen LogP contribution in [-0.4, -0.2) is 29.6 Å². The second-order valence-corrected chi connectivity index (χ2v) is 5.80. The number of nitrogens with zero attached hydrogens (tertiary/aromatic N) is 2. The van der Waals surface area contributed by atoms with Crippen molar-refractivity contribution in [3.63, 3.8) is 0 Å². The molecule has 7 nitrogen and oxygen atoms in total. The molecule has 0 saturated heterocycles. The van der Waals surface area contributed by atoms with E-state index in [4.69, 9.17) is 5.11 Å². The van der Waals surface area contributed by atoms with Gasteiger partial charge in [-0.1, -0.05) is 11.2 Å². The zero-order valence-corrected chi connectivity index (χ0v) is 10.7. The maximum Gasteiger partial charge on any atom is 0.335 e. The van der Waals surface area contributed by atoms with Gasteiger partial charge in [-0.3, -0.25) is 0 Å². The van der Waals surface area contributed by atoms with Crippen LogP contribution in [0.25, 0.3) is 0 Å². The van der Waals surface area contributed by atoms with Gasteiger partial charge in [0.15, 0.2) is 15.7 Å². The topological polar surface area (TPSA) is 110 Å². The van der Waals surface area contributed by atoms with E-state index in [-0.39, 0.29) is 21.8 Å². The minimum Gasteiger partial charge on any atom is -0.478 e. The second kappa shape index (κ2) is 4.81. The van der Waals surface area contributed by atoms with E-state index in [0.29, 0.717) is 0 Å². The summed E-state index contributed by atoms with van der Waals surface area (Å²) in [5, 5.41) is 12.4. The van der Waals surface area contributed by atoms with Gasteiger partial charge < -0.3 is 9.63 Å². The fraction of sp³-hybridized carbons (Fsp3) is 0.182. The molecule has 2 aromatic rings. The predicted molar refractivity (Wildman–Crippen MR) is 63.3 cm³/mol. The van der Waals surface area contributed by atoms with Crippen molar-refractivity contribution in [2.45, 2.75) is 17.6 Å². The third-order valence-electron chi connectivity index (χ3n) is 2.58. The Hall–Kier alpha value is -2.22. The van der Waals surface area contributed by atoms with Gasteiger partial charge in [-0.25, -0.2) is 13.2 Å². The molecule has 0 unspecified atom stereocenters. The minimum absolute atomic E-state index is 0.0279. The van der Waals surface area contributed by atoms with Crippen LogP contribution < -0.4 is 0 Å². The number of carbonyl (C=O) groups is 1. The molecule has 100 valence electrons. The van der Waals surface area contributed by atoms with Crippen molar-refractivity contribution in [1.82, 2.24) is 10.1 Å². The van der Waals surface area contributed by atoms with Gasteiger partial charge in [-0.05, 0) is 24.6 Å². The first-order valence-electron chi connectivity index (χ1n) is 5.23. The SMILES string of the molecule is Cc1c(C(=O)O)cccc1S(=O)(=O)Cc1ncon1. The number of carboxylic acid groups (broad SMARTS) is 1. The average Bonchev–Trinajstić information content (AvgIpc) is 2.80. The van der Waals surface area contributed by atoms with Crippen molar-refractivity contribution >= 4 is 15.8 Å². The monoisotopic (exact) mass is 282 g/mol. The highest BCUT2D eigenvalue weighted by molar-refractivity contribution is 7.90. The summed E-state index contributed by atoms with van der Waals surface area (Å²) in [6, 6.07) is 4.10. The average molecular weight is 282 g/mol. The summed E-state index contributed by atoms with van der Waals surface area (Å²) in [5.41, 5.74) is 0.146. The molecule has 0 amide bonds. The number of sulfone groups is 1. The number of carboxylic acids is 1. The van der Waals surface area contributed by atoms with E-state index in [1.165, 1.54) is 25.1 Å². The molecule has 1 aromatic heterocycles. The molecule has 0 aliphatic carbocycles. The maximum absolute atomic E-state index is 12.2. The first kappa shape index (κ1) is 13.2. The largest absolute Gasteiger partial charge is 0.478 e. The van der Waals surface area contributed by atoms with Crippen LogP contribution in [0.2, 0.25) is 0 Å². The van der Waals surface area contributed by atoms with Crippen molar-refractivity contribution in [3.8, 4) is 0 Å². The molecule has 2 rings (SSSR count). The van der Waals surface area contributed by atoms with Crippen LogP contribution in [-0.2, 0) is 15.6 Å². The summed E-state index contributed by atoms with van der Waals surface area (Å²) in [5.74, 6) is -1.58. The molecule has 1 aromatic carbocycles. The van der Waals surface area contributed by atoms with Crippen molar-refractivity contribution in [3.05, 3.63) is 41.5 Å². The molecule has 1 heterocycles. The Balaban J connectivity index is 2.47. The van der Waals surface area contributed by atoms with Gasteiger partial charge in [-0.15, -0.1) is 0 Å². The molecule has 1 N–H and O–H groups in total. The molecule has 19 heavy (non-hydrogen) atoms. The Morgan fingerprint density at radius 1 is 1.42 bits per heavy atom. The lowest BCUT2D eigenvalue weighted by Gasteiger charge is -2.08. The fourth-order valence-electron chi connectivity index (χ4n) is 1.69. The fourth-order valence-corrected chi connectivity index (χ4v) is 3.17. The highest BCUT2D eigenvalue weighted by Gasteiger charge is 2.22. The smallest absolute Gasteiger partial charge is 0.335 e. The normalized spacial score (nSPS) is 11.4. The molecular weight excluding hydrogens is 272 g/mol. The van der Waals surface area contributed by atoms with Gasteiger partial charge in [-0.2, -0.15) is 4.98 Å². The number of aromatic nitrogens is 2. The summed E-state index contributed by atoms with van der Waals surface area (Å²) in [7, 11) is -3.72. The molecule has 0 bridgehead atoms. The Kier molecular flexibility index (Phi) is 3.34. The van der Waals surface area contributed by atoms with Gasteiger partial charge in [0, 0.05) is 0 Å². The lowest BCUT2D eigenvalue weighted by atomic mass is 10.1. The van der Waals surface area contributed by atoms with Crippen molar-refractivity contribution in [1.29, 1.82) is 0 Å². The van der Waals surface area contributed by atoms with E-state index < -0.39 is 21.6 Å². The Morgan fingerprint density at radius 3 is 2.74 bits per heavy atom. The second-order valence-electron chi connectivity index (χ2n) is 3.84. The Bertz CT molecular complexity index is 707. The van der Waals surface area contributed by atoms with E-state index in [9.17, 15) is 13.2 Å². The standard InChI is InChI=1S/C11H10N2O5S/c1-7-8(11(14)15)3-2-4-9(7)19(16,17)5-10-12-6-18-13-10/h2-4,6H,5H2,1H3,(H,14,15). The van der Waals surface area contributed by atoms with Gasteiger partial charge in [0.25, 0.3) is 0 Å². The molecule has 0 aliphatic heterocycles. The van der Waals surface area contributed by atoms with E-state index in [0.717, 1.165) is 6.39 Å². The highest BCUT2D eigenvalue weighted by atomic mass is 32.2. The lowest BCUT2D eigenvalue weighted by molar-refractivity contribution is 0.0696. The van der Waals surface area contributed by atoms with E-state index in [1.807, 2.05) is 0 Å². The third kappa shape index (κ3) is 2.63. The molecule has 0 atom stereocenters. The third-order valence-corrected chi connectivity index (χ3v) is 4.33. The van der Waals surface area contributed by atoms with Crippen molar-refractivity contribution < 1.29 is 22.8 Å². The summed E-state index contributed by atoms with van der Waals surface area (Å²) in [6.07, 6.45) is 1.03. The summed E-state index contributed by atoms with van der Waals surface area (Å²) >= 11 is 0. The van der Waals surface area contributed by atoms with Gasteiger partial charge in [0.2, 0.25) is 6.39 Å². The lowest BCUT2D eigenvalue weighted by Crippen LogP contribution is -2.11. The van der Waals surface area contributed by atoms with Crippen LogP contribution in [0.1, 0.15) is 21.7 Å². The summed E-state index contributed by atoms with van der Waals surface area (Å²) in [6.45, 7) is 1.45. The number of benzene rings is 1. The summed E-state index contributed by atoms with van der Waals surface area (Å²) < 4.78 is 28.8. The Labute approximate surface area is 108 Å².